The number of aromatic hydroxyl groups is 2. The highest BCUT2D eigenvalue weighted by molar-refractivity contribution is 6.33. The largest absolute Gasteiger partial charge is 0.504 e. The van der Waals surface area contributed by atoms with Crippen LogP contribution in [0.2, 0.25) is 5.02 Å². The number of phenols is 2. The van der Waals surface area contributed by atoms with E-state index in [1.807, 2.05) is 0 Å². The van der Waals surface area contributed by atoms with E-state index in [1.54, 1.807) is 13.0 Å². The Morgan fingerprint density at radius 2 is 1.90 bits per heavy atom. The maximum absolute atomic E-state index is 9.01. The molecule has 0 radical (unpaired) electrons. The van der Waals surface area contributed by atoms with Crippen molar-refractivity contribution in [1.82, 2.24) is 0 Å². The summed E-state index contributed by atoms with van der Waals surface area (Å²) in [5.74, 6) is -0.433. The van der Waals surface area contributed by atoms with Crippen molar-refractivity contribution in [2.24, 2.45) is 0 Å². The van der Waals surface area contributed by atoms with E-state index in [9.17, 15) is 0 Å². The average molecular weight is 159 g/mol. The Balaban J connectivity index is 3.34. The lowest BCUT2D eigenvalue weighted by Crippen LogP contribution is -1.75. The van der Waals surface area contributed by atoms with Crippen LogP contribution in [-0.4, -0.2) is 10.2 Å². The van der Waals surface area contributed by atoms with E-state index < -0.39 is 0 Å². The molecule has 3 heteroatoms. The van der Waals surface area contributed by atoms with Gasteiger partial charge in [-0.1, -0.05) is 17.7 Å². The third-order valence-electron chi connectivity index (χ3n) is 1.29. The van der Waals surface area contributed by atoms with Crippen molar-refractivity contribution >= 4 is 11.6 Å². The Kier molecular flexibility index (Phi) is 1.72. The molecule has 10 heavy (non-hydrogen) atoms. The molecule has 0 spiro atoms. The molecule has 2 N–H and O–H groups in total. The van der Waals surface area contributed by atoms with Gasteiger partial charge in [-0.15, -0.1) is 0 Å². The first kappa shape index (κ1) is 7.22. The van der Waals surface area contributed by atoms with Crippen LogP contribution in [0.4, 0.5) is 0 Å². The third-order valence-corrected chi connectivity index (χ3v) is 1.77. The number of rotatable bonds is 0. The Labute approximate surface area is 63.7 Å². The van der Waals surface area contributed by atoms with E-state index in [4.69, 9.17) is 21.8 Å². The fourth-order valence-electron chi connectivity index (χ4n) is 0.655. The van der Waals surface area contributed by atoms with Crippen molar-refractivity contribution in [3.63, 3.8) is 0 Å². The quantitative estimate of drug-likeness (QED) is 0.568. The molecule has 54 valence electrons. The molecule has 0 aliphatic rings. The van der Waals surface area contributed by atoms with E-state index in [2.05, 4.69) is 0 Å². The smallest absolute Gasteiger partial charge is 0.176 e. The molecule has 1 aromatic rings. The van der Waals surface area contributed by atoms with E-state index in [-0.39, 0.29) is 16.5 Å². The molecule has 0 aliphatic carbocycles. The Morgan fingerprint density at radius 3 is 2.40 bits per heavy atom. The van der Waals surface area contributed by atoms with Crippen LogP contribution < -0.4 is 0 Å². The van der Waals surface area contributed by atoms with Crippen LogP contribution in [0.3, 0.4) is 0 Å². The van der Waals surface area contributed by atoms with E-state index in [0.717, 1.165) is 5.56 Å². The lowest BCUT2D eigenvalue weighted by Gasteiger charge is -2.01. The van der Waals surface area contributed by atoms with E-state index >= 15 is 0 Å². The van der Waals surface area contributed by atoms with Gasteiger partial charge in [0.05, 0.1) is 5.02 Å². The third kappa shape index (κ3) is 1.02. The van der Waals surface area contributed by atoms with Crippen LogP contribution in [0.15, 0.2) is 12.1 Å². The topological polar surface area (TPSA) is 40.5 Å². The SMILES string of the molecule is Cc1ccc(O)c(O)c1Cl. The summed E-state index contributed by atoms with van der Waals surface area (Å²) in [4.78, 5) is 0. The van der Waals surface area contributed by atoms with Crippen molar-refractivity contribution in [3.8, 4) is 11.5 Å². The minimum absolute atomic E-state index is 0.185. The fraction of sp³-hybridized carbons (Fsp3) is 0.143. The first-order chi connectivity index (χ1) is 4.63. The minimum atomic E-state index is -0.248. The second-order valence-electron chi connectivity index (χ2n) is 2.06. The summed E-state index contributed by atoms with van der Waals surface area (Å²) < 4.78 is 0. The molecule has 2 nitrogen and oxygen atoms in total. The van der Waals surface area contributed by atoms with Crippen LogP contribution in [-0.2, 0) is 0 Å². The van der Waals surface area contributed by atoms with Crippen molar-refractivity contribution in [1.29, 1.82) is 0 Å². The van der Waals surface area contributed by atoms with Gasteiger partial charge in [0.1, 0.15) is 0 Å². The molecule has 0 saturated carbocycles. The highest BCUT2D eigenvalue weighted by atomic mass is 35.5. The predicted octanol–water partition coefficient (Wildman–Crippen LogP) is 2.06. The van der Waals surface area contributed by atoms with Gasteiger partial charge in [0.2, 0.25) is 0 Å². The van der Waals surface area contributed by atoms with Crippen molar-refractivity contribution in [2.75, 3.05) is 0 Å². The number of halogens is 1. The summed E-state index contributed by atoms with van der Waals surface area (Å²) in [6, 6.07) is 3.04. The molecule has 0 unspecified atom stereocenters. The summed E-state index contributed by atoms with van der Waals surface area (Å²) in [7, 11) is 0. The summed E-state index contributed by atoms with van der Waals surface area (Å²) in [5.41, 5.74) is 0.747. The lowest BCUT2D eigenvalue weighted by molar-refractivity contribution is 0.403. The van der Waals surface area contributed by atoms with Crippen LogP contribution in [0.25, 0.3) is 0 Å². The molecule has 0 atom stereocenters. The molecule has 0 bridgehead atoms. The summed E-state index contributed by atoms with van der Waals surface area (Å²) in [6.07, 6.45) is 0. The number of benzene rings is 1. The zero-order valence-corrected chi connectivity index (χ0v) is 6.18. The fourth-order valence-corrected chi connectivity index (χ4v) is 0.815. The Morgan fingerprint density at radius 1 is 1.30 bits per heavy atom. The second-order valence-corrected chi connectivity index (χ2v) is 2.44. The maximum atomic E-state index is 9.01. The standard InChI is InChI=1S/C7H7ClO2/c1-4-2-3-5(9)7(10)6(4)8/h2-3,9-10H,1H3. The van der Waals surface area contributed by atoms with Gasteiger partial charge in [-0.3, -0.25) is 0 Å². The molecule has 1 rings (SSSR count). The number of aryl methyl sites for hydroxylation is 1. The highest BCUT2D eigenvalue weighted by Crippen LogP contribution is 2.34. The van der Waals surface area contributed by atoms with Crippen molar-refractivity contribution in [2.45, 2.75) is 6.92 Å². The number of phenolic OH excluding ortho intramolecular Hbond substituents is 2. The second kappa shape index (κ2) is 2.39. The maximum Gasteiger partial charge on any atom is 0.176 e. The Bertz CT molecular complexity index is 231. The van der Waals surface area contributed by atoms with Gasteiger partial charge in [-0.25, -0.2) is 0 Å². The first-order valence-electron chi connectivity index (χ1n) is 2.80. The number of hydrogen-bond acceptors (Lipinski definition) is 2. The minimum Gasteiger partial charge on any atom is -0.504 e. The highest BCUT2D eigenvalue weighted by Gasteiger charge is 2.05. The van der Waals surface area contributed by atoms with Gasteiger partial charge in [-0.05, 0) is 18.6 Å². The monoisotopic (exact) mass is 158 g/mol. The van der Waals surface area contributed by atoms with Crippen molar-refractivity contribution in [3.05, 3.63) is 22.7 Å². The van der Waals surface area contributed by atoms with Crippen LogP contribution in [0, 0.1) is 6.92 Å². The van der Waals surface area contributed by atoms with Gasteiger partial charge in [0.25, 0.3) is 0 Å². The average Bonchev–Trinajstić information content (AvgIpc) is 1.93. The van der Waals surface area contributed by atoms with Crippen LogP contribution in [0.5, 0.6) is 11.5 Å². The van der Waals surface area contributed by atoms with E-state index in [1.165, 1.54) is 6.07 Å². The summed E-state index contributed by atoms with van der Waals surface area (Å²) in [6.45, 7) is 1.75. The molecule has 0 aromatic heterocycles. The lowest BCUT2D eigenvalue weighted by atomic mass is 10.2. The van der Waals surface area contributed by atoms with Gasteiger partial charge >= 0.3 is 0 Å². The van der Waals surface area contributed by atoms with E-state index in [0.29, 0.717) is 0 Å². The first-order valence-corrected chi connectivity index (χ1v) is 3.17. The molecule has 0 heterocycles. The zero-order chi connectivity index (χ0) is 7.72. The van der Waals surface area contributed by atoms with Gasteiger partial charge in [0, 0.05) is 0 Å². The van der Waals surface area contributed by atoms with Gasteiger partial charge < -0.3 is 10.2 Å². The Hall–Kier alpha value is -0.890. The van der Waals surface area contributed by atoms with Gasteiger partial charge in [0.15, 0.2) is 11.5 Å². The molecule has 0 fully saturated rings. The summed E-state index contributed by atoms with van der Waals surface area (Å²) in [5, 5.41) is 18.1. The van der Waals surface area contributed by atoms with Crippen LogP contribution in [0.1, 0.15) is 5.56 Å². The van der Waals surface area contributed by atoms with Gasteiger partial charge in [-0.2, -0.15) is 0 Å². The molecular weight excluding hydrogens is 152 g/mol. The molecular formula is C7H7ClO2. The molecule has 0 saturated heterocycles. The predicted molar refractivity (Wildman–Crippen MR) is 39.5 cm³/mol. The molecule has 0 aliphatic heterocycles. The zero-order valence-electron chi connectivity index (χ0n) is 5.43. The van der Waals surface area contributed by atoms with Crippen molar-refractivity contribution < 1.29 is 10.2 Å². The molecule has 0 amide bonds. The number of hydrogen-bond donors (Lipinski definition) is 2. The normalized spacial score (nSPS) is 9.80. The molecule has 1 aromatic carbocycles. The van der Waals surface area contributed by atoms with Crippen LogP contribution >= 0.6 is 11.6 Å². The summed E-state index contributed by atoms with van der Waals surface area (Å²) >= 11 is 5.57.